The Hall–Kier alpha value is -1.52. The summed E-state index contributed by atoms with van der Waals surface area (Å²) >= 11 is 6.09. The van der Waals surface area contributed by atoms with Crippen LogP contribution in [0.15, 0.2) is 60.7 Å². The molecule has 6 heteroatoms. The summed E-state index contributed by atoms with van der Waals surface area (Å²) in [6.45, 7) is 2.09. The molecule has 0 atom stereocenters. The second-order valence-electron chi connectivity index (χ2n) is 6.15. The van der Waals surface area contributed by atoms with Crippen molar-refractivity contribution in [1.29, 1.82) is 0 Å². The Morgan fingerprint density at radius 2 is 1.78 bits per heavy atom. The summed E-state index contributed by atoms with van der Waals surface area (Å²) in [5, 5.41) is 3.96. The van der Waals surface area contributed by atoms with Crippen molar-refractivity contribution in [1.82, 2.24) is 4.98 Å². The van der Waals surface area contributed by atoms with Gasteiger partial charge >= 0.3 is 0 Å². The Morgan fingerprint density at radius 3 is 2.56 bits per heavy atom. The first-order valence-corrected chi connectivity index (χ1v) is 11.2. The molecule has 0 aliphatic heterocycles. The number of nitrogens with one attached hydrogen (secondary N) is 1. The maximum atomic E-state index is 12.6. The van der Waals surface area contributed by atoms with E-state index in [1.807, 2.05) is 42.5 Å². The summed E-state index contributed by atoms with van der Waals surface area (Å²) in [5.74, 6) is -0.0962. The molecule has 4 aromatic rings. The van der Waals surface area contributed by atoms with Crippen LogP contribution in [0.4, 0.5) is 5.69 Å². The molecular weight excluding hydrogens is 582 g/mol. The highest BCUT2D eigenvalue weighted by Gasteiger charge is 2.12. The number of halogens is 2. The fourth-order valence-corrected chi connectivity index (χ4v) is 4.86. The topological polar surface area (TPSA) is 42.0 Å². The first-order chi connectivity index (χ1) is 13.0. The number of hydrogen-bond donors (Lipinski definition) is 1. The third-order valence-corrected chi connectivity index (χ3v) is 6.79. The number of hydrogen-bond acceptors (Lipinski definition) is 3. The van der Waals surface area contributed by atoms with Crippen molar-refractivity contribution in [2.75, 3.05) is 5.32 Å². The number of benzene rings is 3. The van der Waals surface area contributed by atoms with Gasteiger partial charge in [-0.2, -0.15) is 0 Å². The first kappa shape index (κ1) is 18.8. The van der Waals surface area contributed by atoms with Crippen molar-refractivity contribution in [2.24, 2.45) is 0 Å². The molecule has 27 heavy (non-hydrogen) atoms. The highest BCUT2D eigenvalue weighted by atomic mass is 127. The number of fused-ring (bicyclic) bond motifs is 1. The second kappa shape index (κ2) is 7.84. The van der Waals surface area contributed by atoms with Crippen molar-refractivity contribution in [3.63, 3.8) is 0 Å². The Kier molecular flexibility index (Phi) is 5.47. The number of aryl methyl sites for hydroxylation is 1. The lowest BCUT2D eigenvalue weighted by Gasteiger charge is -2.08. The van der Waals surface area contributed by atoms with Crippen LogP contribution in [0.1, 0.15) is 15.9 Å². The molecule has 1 amide bonds. The first-order valence-electron chi connectivity index (χ1n) is 8.23. The van der Waals surface area contributed by atoms with E-state index in [2.05, 4.69) is 75.6 Å². The van der Waals surface area contributed by atoms with Crippen molar-refractivity contribution < 1.29 is 4.79 Å². The van der Waals surface area contributed by atoms with Gasteiger partial charge < -0.3 is 5.32 Å². The molecule has 1 heterocycles. The summed E-state index contributed by atoms with van der Waals surface area (Å²) in [5.41, 5.74) is 4.77. The molecule has 0 fully saturated rings. The predicted molar refractivity (Wildman–Crippen MR) is 130 cm³/mol. The zero-order chi connectivity index (χ0) is 19.0. The lowest BCUT2D eigenvalue weighted by Crippen LogP contribution is -2.13. The molecule has 3 nitrogen and oxygen atoms in total. The predicted octanol–water partition coefficient (Wildman–Crippen LogP) is 6.73. The number of rotatable bonds is 3. The maximum Gasteiger partial charge on any atom is 0.256 e. The summed E-state index contributed by atoms with van der Waals surface area (Å²) in [6, 6.07) is 20.0. The third-order valence-electron chi connectivity index (χ3n) is 4.11. The third kappa shape index (κ3) is 4.17. The smallest absolute Gasteiger partial charge is 0.256 e. The number of carbonyl (C=O) groups is 1. The maximum absolute atomic E-state index is 12.6. The molecule has 0 bridgehead atoms. The van der Waals surface area contributed by atoms with E-state index in [1.165, 1.54) is 10.3 Å². The summed E-state index contributed by atoms with van der Waals surface area (Å²) < 4.78 is 3.17. The van der Waals surface area contributed by atoms with Crippen LogP contribution in [-0.2, 0) is 0 Å². The van der Waals surface area contributed by atoms with E-state index in [1.54, 1.807) is 11.3 Å². The van der Waals surface area contributed by atoms with Crippen molar-refractivity contribution in [3.8, 4) is 10.6 Å². The molecule has 0 unspecified atom stereocenters. The molecule has 0 saturated heterocycles. The van der Waals surface area contributed by atoms with Crippen molar-refractivity contribution in [3.05, 3.63) is 78.9 Å². The monoisotopic (exact) mass is 596 g/mol. The average molecular weight is 596 g/mol. The van der Waals surface area contributed by atoms with E-state index in [0.717, 1.165) is 28.9 Å². The quantitative estimate of drug-likeness (QED) is 0.267. The van der Waals surface area contributed by atoms with Gasteiger partial charge in [-0.3, -0.25) is 4.79 Å². The second-order valence-corrected chi connectivity index (χ2v) is 9.58. The van der Waals surface area contributed by atoms with Gasteiger partial charge in [-0.1, -0.05) is 6.07 Å². The standard InChI is InChI=1S/C21H14I2N2OS/c1-12-2-9-18-19(10-12)27-21(25-18)13-3-6-15(7-4-13)24-20(26)16-11-14(22)5-8-17(16)23/h2-11H,1H3,(H,24,26). The van der Waals surface area contributed by atoms with Crippen LogP contribution in [0.5, 0.6) is 0 Å². The Morgan fingerprint density at radius 1 is 1.00 bits per heavy atom. The van der Waals surface area contributed by atoms with Crippen molar-refractivity contribution in [2.45, 2.75) is 6.92 Å². The minimum absolute atomic E-state index is 0.0962. The van der Waals surface area contributed by atoms with Crippen LogP contribution in [0, 0.1) is 14.1 Å². The number of thiazole rings is 1. The molecule has 0 radical (unpaired) electrons. The SMILES string of the molecule is Cc1ccc2nc(-c3ccc(NC(=O)c4cc(I)ccc4I)cc3)sc2c1. The van der Waals surface area contributed by atoms with Gasteiger partial charge in [0.15, 0.2) is 0 Å². The Labute approximate surface area is 188 Å². The van der Waals surface area contributed by atoms with Crippen LogP contribution in [0.3, 0.4) is 0 Å². The highest BCUT2D eigenvalue weighted by Crippen LogP contribution is 2.31. The normalized spacial score (nSPS) is 10.9. The fraction of sp³-hybridized carbons (Fsp3) is 0.0476. The summed E-state index contributed by atoms with van der Waals surface area (Å²) in [6.07, 6.45) is 0. The molecule has 4 rings (SSSR count). The molecule has 3 aromatic carbocycles. The number of amides is 1. The molecule has 134 valence electrons. The van der Waals surface area contributed by atoms with Gasteiger partial charge in [-0.05, 0) is 112 Å². The van der Waals surface area contributed by atoms with E-state index in [0.29, 0.717) is 5.56 Å². The van der Waals surface area contributed by atoms with E-state index >= 15 is 0 Å². The van der Waals surface area contributed by atoms with Crippen LogP contribution in [-0.4, -0.2) is 10.9 Å². The molecule has 0 aliphatic rings. The van der Waals surface area contributed by atoms with Gasteiger partial charge in [-0.25, -0.2) is 4.98 Å². The van der Waals surface area contributed by atoms with Crippen LogP contribution in [0.25, 0.3) is 20.8 Å². The minimum atomic E-state index is -0.0962. The van der Waals surface area contributed by atoms with Gasteiger partial charge in [-0.15, -0.1) is 11.3 Å². The van der Waals surface area contributed by atoms with E-state index in [4.69, 9.17) is 4.98 Å². The molecular formula is C21H14I2N2OS. The van der Waals surface area contributed by atoms with E-state index < -0.39 is 0 Å². The fourth-order valence-electron chi connectivity index (χ4n) is 2.72. The number of carbonyl (C=O) groups excluding carboxylic acids is 1. The van der Waals surface area contributed by atoms with Crippen LogP contribution < -0.4 is 5.32 Å². The minimum Gasteiger partial charge on any atom is -0.322 e. The Balaban J connectivity index is 1.56. The summed E-state index contributed by atoms with van der Waals surface area (Å²) in [7, 11) is 0. The molecule has 1 aromatic heterocycles. The van der Waals surface area contributed by atoms with E-state index in [-0.39, 0.29) is 5.91 Å². The molecule has 1 N–H and O–H groups in total. The molecule has 0 saturated carbocycles. The number of anilines is 1. The summed E-state index contributed by atoms with van der Waals surface area (Å²) in [4.78, 5) is 17.3. The number of nitrogens with zero attached hydrogens (tertiary/aromatic N) is 1. The molecule has 0 aliphatic carbocycles. The van der Waals surface area contributed by atoms with Gasteiger partial charge in [0.05, 0.1) is 15.8 Å². The zero-order valence-electron chi connectivity index (χ0n) is 14.3. The lowest BCUT2D eigenvalue weighted by atomic mass is 10.2. The average Bonchev–Trinajstić information content (AvgIpc) is 3.07. The van der Waals surface area contributed by atoms with E-state index in [9.17, 15) is 4.79 Å². The zero-order valence-corrected chi connectivity index (χ0v) is 19.4. The Bertz CT molecular complexity index is 1150. The van der Waals surface area contributed by atoms with Gasteiger partial charge in [0.25, 0.3) is 5.91 Å². The molecule has 0 spiro atoms. The van der Waals surface area contributed by atoms with Gasteiger partial charge in [0.1, 0.15) is 5.01 Å². The highest BCUT2D eigenvalue weighted by molar-refractivity contribution is 14.1. The van der Waals surface area contributed by atoms with Crippen LogP contribution in [0.2, 0.25) is 0 Å². The van der Waals surface area contributed by atoms with Crippen LogP contribution >= 0.6 is 56.5 Å². The van der Waals surface area contributed by atoms with Gasteiger partial charge in [0.2, 0.25) is 0 Å². The largest absolute Gasteiger partial charge is 0.322 e. The van der Waals surface area contributed by atoms with Crippen molar-refractivity contribution >= 4 is 78.3 Å². The van der Waals surface area contributed by atoms with Gasteiger partial charge in [0, 0.05) is 18.4 Å². The lowest BCUT2D eigenvalue weighted by molar-refractivity contribution is 0.102. The number of aromatic nitrogens is 1.